The highest BCUT2D eigenvalue weighted by molar-refractivity contribution is 6.10. The van der Waals surface area contributed by atoms with E-state index in [9.17, 15) is 4.79 Å². The van der Waals surface area contributed by atoms with Gasteiger partial charge in [-0.3, -0.25) is 9.78 Å². The number of hydrogen-bond acceptors (Lipinski definition) is 4. The number of pyridine rings is 1. The van der Waals surface area contributed by atoms with Gasteiger partial charge in [0.05, 0.1) is 25.0 Å². The molecule has 0 atom stereocenters. The topological polar surface area (TPSA) is 48.4 Å². The summed E-state index contributed by atoms with van der Waals surface area (Å²) in [6.07, 6.45) is 4.07. The van der Waals surface area contributed by atoms with E-state index in [1.54, 1.807) is 30.6 Å². The number of nitrogens with zero attached hydrogens (tertiary/aromatic N) is 1. The summed E-state index contributed by atoms with van der Waals surface area (Å²) >= 11 is 0. The van der Waals surface area contributed by atoms with Crippen LogP contribution in [0.3, 0.4) is 0 Å². The van der Waals surface area contributed by atoms with Crippen LogP contribution in [-0.2, 0) is 0 Å². The molecule has 2 rings (SSSR count). The monoisotopic (exact) mass is 285 g/mol. The van der Waals surface area contributed by atoms with E-state index in [0.29, 0.717) is 35.8 Å². The van der Waals surface area contributed by atoms with Gasteiger partial charge in [-0.25, -0.2) is 0 Å². The highest BCUT2D eigenvalue weighted by Gasteiger charge is 2.15. The van der Waals surface area contributed by atoms with Crippen molar-refractivity contribution in [1.29, 1.82) is 0 Å². The average molecular weight is 285 g/mol. The van der Waals surface area contributed by atoms with Crippen LogP contribution in [0.5, 0.6) is 11.5 Å². The van der Waals surface area contributed by atoms with Crippen LogP contribution in [0.1, 0.15) is 36.2 Å². The molecule has 0 N–H and O–H groups in total. The van der Waals surface area contributed by atoms with Crippen molar-refractivity contribution in [3.63, 3.8) is 0 Å². The molecule has 1 heterocycles. The number of hydrogen-bond donors (Lipinski definition) is 0. The Morgan fingerprint density at radius 1 is 1.14 bits per heavy atom. The van der Waals surface area contributed by atoms with E-state index in [0.717, 1.165) is 6.42 Å². The third-order valence-corrected chi connectivity index (χ3v) is 2.88. The van der Waals surface area contributed by atoms with Crippen LogP contribution < -0.4 is 9.47 Å². The van der Waals surface area contributed by atoms with Crippen molar-refractivity contribution in [3.8, 4) is 11.5 Å². The fraction of sp³-hybridized carbons (Fsp3) is 0.294. The van der Waals surface area contributed by atoms with E-state index in [1.165, 1.54) is 0 Å². The van der Waals surface area contributed by atoms with E-state index in [4.69, 9.17) is 9.47 Å². The number of ketones is 1. The summed E-state index contributed by atoms with van der Waals surface area (Å²) in [5.74, 6) is 1.08. The molecule has 2 aromatic rings. The van der Waals surface area contributed by atoms with Crippen LogP contribution >= 0.6 is 0 Å². The SMILES string of the molecule is CCCOc1cncc(C(=O)c2ccccc2OCC)c1. The van der Waals surface area contributed by atoms with Crippen LogP contribution in [0.25, 0.3) is 0 Å². The molecule has 110 valence electrons. The molecule has 0 saturated carbocycles. The molecule has 0 amide bonds. The molecule has 0 unspecified atom stereocenters. The van der Waals surface area contributed by atoms with Gasteiger partial charge in [0.25, 0.3) is 0 Å². The number of rotatable bonds is 7. The van der Waals surface area contributed by atoms with Crippen LogP contribution in [0.4, 0.5) is 0 Å². The van der Waals surface area contributed by atoms with E-state index < -0.39 is 0 Å². The molecule has 0 saturated heterocycles. The highest BCUT2D eigenvalue weighted by atomic mass is 16.5. The Morgan fingerprint density at radius 2 is 1.95 bits per heavy atom. The molecule has 0 fully saturated rings. The molecule has 1 aromatic heterocycles. The van der Waals surface area contributed by atoms with E-state index in [-0.39, 0.29) is 5.78 Å². The normalized spacial score (nSPS) is 10.2. The zero-order valence-corrected chi connectivity index (χ0v) is 12.3. The highest BCUT2D eigenvalue weighted by Crippen LogP contribution is 2.22. The summed E-state index contributed by atoms with van der Waals surface area (Å²) in [5.41, 5.74) is 1.03. The fourth-order valence-electron chi connectivity index (χ4n) is 1.93. The quantitative estimate of drug-likeness (QED) is 0.730. The Hall–Kier alpha value is -2.36. The standard InChI is InChI=1S/C17H19NO3/c1-3-9-21-14-10-13(11-18-12-14)17(19)15-7-5-6-8-16(15)20-4-2/h5-8,10-12H,3-4,9H2,1-2H3. The van der Waals surface area contributed by atoms with E-state index in [1.807, 2.05) is 26.0 Å². The minimum atomic E-state index is -0.117. The lowest BCUT2D eigenvalue weighted by atomic mass is 10.0. The van der Waals surface area contributed by atoms with E-state index in [2.05, 4.69) is 4.98 Å². The van der Waals surface area contributed by atoms with Crippen LogP contribution in [0.15, 0.2) is 42.7 Å². The molecule has 0 radical (unpaired) electrons. The fourth-order valence-corrected chi connectivity index (χ4v) is 1.93. The molecule has 0 aliphatic heterocycles. The maximum atomic E-state index is 12.6. The van der Waals surface area contributed by atoms with Crippen LogP contribution in [0, 0.1) is 0 Å². The number of para-hydroxylation sites is 1. The van der Waals surface area contributed by atoms with Crippen molar-refractivity contribution in [2.24, 2.45) is 0 Å². The summed E-state index contributed by atoms with van der Waals surface area (Å²) in [5, 5.41) is 0. The second kappa shape index (κ2) is 7.43. The first-order valence-corrected chi connectivity index (χ1v) is 7.10. The van der Waals surface area contributed by atoms with Gasteiger partial charge in [0.15, 0.2) is 5.78 Å². The van der Waals surface area contributed by atoms with Crippen molar-refractivity contribution in [1.82, 2.24) is 4.98 Å². The minimum absolute atomic E-state index is 0.117. The Bertz CT molecular complexity index is 610. The van der Waals surface area contributed by atoms with Gasteiger partial charge in [-0.1, -0.05) is 19.1 Å². The van der Waals surface area contributed by atoms with Crippen LogP contribution in [-0.4, -0.2) is 24.0 Å². The number of benzene rings is 1. The van der Waals surface area contributed by atoms with Crippen molar-refractivity contribution in [2.45, 2.75) is 20.3 Å². The molecular formula is C17H19NO3. The third kappa shape index (κ3) is 3.81. The Morgan fingerprint density at radius 3 is 2.71 bits per heavy atom. The molecule has 0 spiro atoms. The molecule has 0 aliphatic rings. The van der Waals surface area contributed by atoms with Crippen LogP contribution in [0.2, 0.25) is 0 Å². The Labute approximate surface area is 124 Å². The predicted molar refractivity (Wildman–Crippen MR) is 81.1 cm³/mol. The summed E-state index contributed by atoms with van der Waals surface area (Å²) in [6.45, 7) is 5.04. The van der Waals surface area contributed by atoms with Gasteiger partial charge in [-0.2, -0.15) is 0 Å². The second-order valence-electron chi connectivity index (χ2n) is 4.52. The number of ether oxygens (including phenoxy) is 2. The van der Waals surface area contributed by atoms with Gasteiger partial charge < -0.3 is 9.47 Å². The minimum Gasteiger partial charge on any atom is -0.493 e. The molecule has 1 aromatic carbocycles. The molecule has 21 heavy (non-hydrogen) atoms. The van der Waals surface area contributed by atoms with Crippen molar-refractivity contribution in [3.05, 3.63) is 53.9 Å². The number of aromatic nitrogens is 1. The lowest BCUT2D eigenvalue weighted by Gasteiger charge is -2.10. The first-order chi connectivity index (χ1) is 10.3. The summed E-state index contributed by atoms with van der Waals surface area (Å²) in [7, 11) is 0. The average Bonchev–Trinajstić information content (AvgIpc) is 2.53. The zero-order chi connectivity index (χ0) is 15.1. The summed E-state index contributed by atoms with van der Waals surface area (Å²) in [6, 6.07) is 8.93. The van der Waals surface area contributed by atoms with Gasteiger partial charge in [-0.15, -0.1) is 0 Å². The summed E-state index contributed by atoms with van der Waals surface area (Å²) < 4.78 is 11.0. The number of carbonyl (C=O) groups excluding carboxylic acids is 1. The number of carbonyl (C=O) groups is 1. The maximum absolute atomic E-state index is 12.6. The smallest absolute Gasteiger partial charge is 0.198 e. The second-order valence-corrected chi connectivity index (χ2v) is 4.52. The predicted octanol–water partition coefficient (Wildman–Crippen LogP) is 3.50. The van der Waals surface area contributed by atoms with Crippen molar-refractivity contribution in [2.75, 3.05) is 13.2 Å². The lowest BCUT2D eigenvalue weighted by molar-refractivity contribution is 0.103. The molecule has 0 aliphatic carbocycles. The first kappa shape index (κ1) is 15.0. The van der Waals surface area contributed by atoms with Gasteiger partial charge in [-0.05, 0) is 31.5 Å². The Balaban J connectivity index is 2.27. The van der Waals surface area contributed by atoms with Crippen molar-refractivity contribution < 1.29 is 14.3 Å². The van der Waals surface area contributed by atoms with Crippen molar-refractivity contribution >= 4 is 5.78 Å². The Kier molecular flexibility index (Phi) is 5.32. The zero-order valence-electron chi connectivity index (χ0n) is 12.3. The van der Waals surface area contributed by atoms with Gasteiger partial charge >= 0.3 is 0 Å². The van der Waals surface area contributed by atoms with Gasteiger partial charge in [0, 0.05) is 11.8 Å². The largest absolute Gasteiger partial charge is 0.493 e. The molecule has 4 nitrogen and oxygen atoms in total. The van der Waals surface area contributed by atoms with Gasteiger partial charge in [0.2, 0.25) is 0 Å². The summed E-state index contributed by atoms with van der Waals surface area (Å²) in [4.78, 5) is 16.7. The molecule has 4 heteroatoms. The molecule has 0 bridgehead atoms. The maximum Gasteiger partial charge on any atom is 0.198 e. The van der Waals surface area contributed by atoms with Gasteiger partial charge in [0.1, 0.15) is 11.5 Å². The molecular weight excluding hydrogens is 266 g/mol. The third-order valence-electron chi connectivity index (χ3n) is 2.88. The lowest BCUT2D eigenvalue weighted by Crippen LogP contribution is -2.06. The first-order valence-electron chi connectivity index (χ1n) is 7.10. The van der Waals surface area contributed by atoms with E-state index >= 15 is 0 Å².